The highest BCUT2D eigenvalue weighted by Crippen LogP contribution is 2.42. The van der Waals surface area contributed by atoms with E-state index in [2.05, 4.69) is 16.9 Å². The molecule has 6 atom stereocenters. The van der Waals surface area contributed by atoms with Gasteiger partial charge in [-0.3, -0.25) is 0 Å². The van der Waals surface area contributed by atoms with Crippen molar-refractivity contribution in [3.05, 3.63) is 10.4 Å². The van der Waals surface area contributed by atoms with Gasteiger partial charge < -0.3 is 9.84 Å². The second-order valence-corrected chi connectivity index (χ2v) is 5.51. The number of nitrogens with zero attached hydrogens (tertiary/aromatic N) is 3. The molecule has 0 aromatic heterocycles. The molecule has 0 amide bonds. The molecule has 1 N–H and O–H groups in total. The lowest BCUT2D eigenvalue weighted by Gasteiger charge is -2.10. The van der Waals surface area contributed by atoms with Crippen LogP contribution in [0.2, 0.25) is 0 Å². The normalized spacial score (nSPS) is 46.5. The number of hydrogen-bond acceptors (Lipinski definition) is 3. The summed E-state index contributed by atoms with van der Waals surface area (Å²) in [7, 11) is 0. The lowest BCUT2D eigenvalue weighted by molar-refractivity contribution is 0.126. The van der Waals surface area contributed by atoms with Gasteiger partial charge in [0.05, 0.1) is 24.4 Å². The molecule has 0 radical (unpaired) electrons. The number of hydrogen-bond donors (Lipinski definition) is 1. The van der Waals surface area contributed by atoms with Crippen molar-refractivity contribution in [2.24, 2.45) is 17.0 Å². The van der Waals surface area contributed by atoms with Crippen LogP contribution in [-0.2, 0) is 4.74 Å². The molecular weight excluding hydrogens is 218 g/mol. The van der Waals surface area contributed by atoms with Crippen molar-refractivity contribution in [2.45, 2.75) is 63.9 Å². The standard InChI is InChI=1S/C6H11N3O.C6H10O/c1-4-2-3-5(6(4)10)8-9-7;1-4-2-3-5-6(4)7-5/h4-6,10H,2-3H2,1H3;4-6H,2-3H2,1H3/t4-,5+,6+;4-,5-,6?/m00/s1. The SMILES string of the molecule is C[C@H]1CC[C@@H](N=[N+]=[N-])[C@@H]1O.C[C@H]1CC[C@@H]2OC21. The molecule has 1 heterocycles. The minimum absolute atomic E-state index is 0.181. The number of fused-ring (bicyclic) bond motifs is 1. The van der Waals surface area contributed by atoms with E-state index in [4.69, 9.17) is 10.3 Å². The zero-order valence-electron chi connectivity index (χ0n) is 10.5. The van der Waals surface area contributed by atoms with Gasteiger partial charge in [0.15, 0.2) is 0 Å². The van der Waals surface area contributed by atoms with E-state index in [1.807, 2.05) is 6.92 Å². The number of aliphatic hydroxyl groups is 1. The summed E-state index contributed by atoms with van der Waals surface area (Å²) >= 11 is 0. The third-order valence-electron chi connectivity index (χ3n) is 4.18. The first-order valence-electron chi connectivity index (χ1n) is 6.51. The number of aliphatic hydroxyl groups excluding tert-OH is 1. The molecule has 1 unspecified atom stereocenters. The molecule has 17 heavy (non-hydrogen) atoms. The highest BCUT2D eigenvalue weighted by molar-refractivity contribution is 4.95. The first-order chi connectivity index (χ1) is 8.13. The van der Waals surface area contributed by atoms with Crippen LogP contribution in [0.25, 0.3) is 10.4 Å². The van der Waals surface area contributed by atoms with Crippen molar-refractivity contribution in [1.29, 1.82) is 0 Å². The molecule has 1 aliphatic heterocycles. The van der Waals surface area contributed by atoms with Gasteiger partial charge in [-0.25, -0.2) is 0 Å². The van der Waals surface area contributed by atoms with Crippen molar-refractivity contribution in [2.75, 3.05) is 0 Å². The lowest BCUT2D eigenvalue weighted by atomic mass is 10.1. The minimum Gasteiger partial charge on any atom is -0.392 e. The Kier molecular flexibility index (Phi) is 3.92. The van der Waals surface area contributed by atoms with E-state index in [1.165, 1.54) is 12.8 Å². The zero-order valence-corrected chi connectivity index (χ0v) is 10.5. The number of rotatable bonds is 1. The molecule has 0 aromatic rings. The van der Waals surface area contributed by atoms with Crippen LogP contribution in [0.1, 0.15) is 39.5 Å². The van der Waals surface area contributed by atoms with Gasteiger partial charge in [-0.05, 0) is 43.1 Å². The second kappa shape index (κ2) is 5.25. The van der Waals surface area contributed by atoms with Crippen molar-refractivity contribution in [3.63, 3.8) is 0 Å². The Morgan fingerprint density at radius 2 is 1.88 bits per heavy atom. The third-order valence-corrected chi connectivity index (χ3v) is 4.18. The van der Waals surface area contributed by atoms with E-state index in [9.17, 15) is 5.11 Å². The van der Waals surface area contributed by atoms with Gasteiger partial charge in [0, 0.05) is 4.91 Å². The van der Waals surface area contributed by atoms with E-state index >= 15 is 0 Å². The molecular formula is C12H21N3O2. The van der Waals surface area contributed by atoms with E-state index in [-0.39, 0.29) is 12.0 Å². The molecule has 96 valence electrons. The molecule has 3 fully saturated rings. The number of ether oxygens (including phenoxy) is 1. The summed E-state index contributed by atoms with van der Waals surface area (Å²) in [5.74, 6) is 1.15. The fraction of sp³-hybridized carbons (Fsp3) is 1.00. The summed E-state index contributed by atoms with van der Waals surface area (Å²) < 4.78 is 5.27. The maximum absolute atomic E-state index is 9.32. The molecule has 0 aromatic carbocycles. The van der Waals surface area contributed by atoms with Crippen molar-refractivity contribution >= 4 is 0 Å². The maximum atomic E-state index is 9.32. The predicted molar refractivity (Wildman–Crippen MR) is 64.4 cm³/mol. The summed E-state index contributed by atoms with van der Waals surface area (Å²) in [6.45, 7) is 4.25. The molecule has 0 bridgehead atoms. The van der Waals surface area contributed by atoms with Crippen molar-refractivity contribution < 1.29 is 9.84 Å². The Morgan fingerprint density at radius 3 is 2.18 bits per heavy atom. The number of epoxide rings is 1. The van der Waals surface area contributed by atoms with E-state index in [0.29, 0.717) is 12.2 Å². The molecule has 5 nitrogen and oxygen atoms in total. The maximum Gasteiger partial charge on any atom is 0.0867 e. The molecule has 1 saturated heterocycles. The zero-order chi connectivity index (χ0) is 12.4. The molecule has 5 heteroatoms. The Balaban J connectivity index is 0.000000134. The monoisotopic (exact) mass is 239 g/mol. The van der Waals surface area contributed by atoms with Crippen LogP contribution in [0.4, 0.5) is 0 Å². The average molecular weight is 239 g/mol. The van der Waals surface area contributed by atoms with Crippen molar-refractivity contribution in [1.82, 2.24) is 0 Å². The van der Waals surface area contributed by atoms with Gasteiger partial charge in [0.25, 0.3) is 0 Å². The van der Waals surface area contributed by atoms with Gasteiger partial charge in [-0.1, -0.05) is 19.0 Å². The Morgan fingerprint density at radius 1 is 1.18 bits per heavy atom. The van der Waals surface area contributed by atoms with E-state index < -0.39 is 6.10 Å². The van der Waals surface area contributed by atoms with Crippen LogP contribution in [0.5, 0.6) is 0 Å². The second-order valence-electron chi connectivity index (χ2n) is 5.51. The van der Waals surface area contributed by atoms with Gasteiger partial charge in [0.1, 0.15) is 0 Å². The van der Waals surface area contributed by atoms with Crippen LogP contribution >= 0.6 is 0 Å². The van der Waals surface area contributed by atoms with Gasteiger partial charge in [-0.2, -0.15) is 0 Å². The largest absolute Gasteiger partial charge is 0.392 e. The lowest BCUT2D eigenvalue weighted by Crippen LogP contribution is -2.21. The van der Waals surface area contributed by atoms with E-state index in [0.717, 1.165) is 18.8 Å². The Hall–Kier alpha value is -0.770. The molecule has 3 aliphatic rings. The quantitative estimate of drug-likeness (QED) is 0.330. The molecule has 2 aliphatic carbocycles. The summed E-state index contributed by atoms with van der Waals surface area (Å²) in [4.78, 5) is 2.67. The van der Waals surface area contributed by atoms with Crippen LogP contribution in [-0.4, -0.2) is 29.5 Å². The topological polar surface area (TPSA) is 81.5 Å². The summed E-state index contributed by atoms with van der Waals surface area (Å²) in [6, 6.07) is -0.181. The van der Waals surface area contributed by atoms with Gasteiger partial charge >= 0.3 is 0 Å². The van der Waals surface area contributed by atoms with Gasteiger partial charge in [0.2, 0.25) is 0 Å². The Bertz CT molecular complexity index is 317. The summed E-state index contributed by atoms with van der Waals surface area (Å²) in [6.07, 6.45) is 5.46. The van der Waals surface area contributed by atoms with Crippen molar-refractivity contribution in [3.8, 4) is 0 Å². The fourth-order valence-corrected chi connectivity index (χ4v) is 2.83. The summed E-state index contributed by atoms with van der Waals surface area (Å²) in [5.41, 5.74) is 8.08. The van der Waals surface area contributed by atoms with Crippen LogP contribution in [0, 0.1) is 11.8 Å². The predicted octanol–water partition coefficient (Wildman–Crippen LogP) is 2.64. The third kappa shape index (κ3) is 2.92. The minimum atomic E-state index is -0.420. The fourth-order valence-electron chi connectivity index (χ4n) is 2.83. The first-order valence-corrected chi connectivity index (χ1v) is 6.51. The highest BCUT2D eigenvalue weighted by Gasteiger charge is 2.47. The summed E-state index contributed by atoms with van der Waals surface area (Å²) in [5, 5.41) is 12.8. The first kappa shape index (κ1) is 12.7. The molecule has 3 rings (SSSR count). The van der Waals surface area contributed by atoms with E-state index in [1.54, 1.807) is 0 Å². The van der Waals surface area contributed by atoms with Crippen LogP contribution < -0.4 is 0 Å². The molecule has 2 saturated carbocycles. The van der Waals surface area contributed by atoms with Gasteiger partial charge in [-0.15, -0.1) is 0 Å². The smallest absolute Gasteiger partial charge is 0.0867 e. The molecule has 0 spiro atoms. The average Bonchev–Trinajstić information content (AvgIpc) is 2.94. The Labute approximate surface area is 102 Å². The van der Waals surface area contributed by atoms with Crippen LogP contribution in [0.15, 0.2) is 5.11 Å². The van der Waals surface area contributed by atoms with Crippen LogP contribution in [0.3, 0.4) is 0 Å². The highest BCUT2D eigenvalue weighted by atomic mass is 16.6. The number of azide groups is 1.